The average Bonchev–Trinajstić information content (AvgIpc) is 3.06. The topological polar surface area (TPSA) is 76.2 Å². The Morgan fingerprint density at radius 3 is 2.71 bits per heavy atom. The fourth-order valence-corrected chi connectivity index (χ4v) is 2.69. The minimum absolute atomic E-state index is 0.0389. The van der Waals surface area contributed by atoms with Crippen LogP contribution in [-0.4, -0.2) is 21.7 Å². The Hall–Kier alpha value is -2.34. The number of aromatic amines is 1. The lowest BCUT2D eigenvalue weighted by Crippen LogP contribution is -2.35. The second-order valence-corrected chi connectivity index (χ2v) is 6.93. The van der Waals surface area contributed by atoms with Crippen molar-refractivity contribution in [3.05, 3.63) is 53.1 Å². The van der Waals surface area contributed by atoms with Crippen LogP contribution in [0.4, 0.5) is 4.79 Å². The summed E-state index contributed by atoms with van der Waals surface area (Å²) in [6.45, 7) is 7.99. The third-order valence-electron chi connectivity index (χ3n) is 3.76. The smallest absolute Gasteiger partial charge is 0.408 e. The molecular formula is C18H23N3O3. The van der Waals surface area contributed by atoms with Gasteiger partial charge in [-0.2, -0.15) is 0 Å². The van der Waals surface area contributed by atoms with Crippen LogP contribution in [0.15, 0.2) is 30.3 Å². The summed E-state index contributed by atoms with van der Waals surface area (Å²) < 4.78 is 10.9. The van der Waals surface area contributed by atoms with Gasteiger partial charge in [-0.25, -0.2) is 9.78 Å². The van der Waals surface area contributed by atoms with Gasteiger partial charge in [0.2, 0.25) is 0 Å². The van der Waals surface area contributed by atoms with Crippen LogP contribution in [0.1, 0.15) is 62.6 Å². The molecule has 0 bridgehead atoms. The van der Waals surface area contributed by atoms with E-state index in [0.29, 0.717) is 12.4 Å². The Morgan fingerprint density at radius 1 is 1.38 bits per heavy atom. The van der Waals surface area contributed by atoms with Crippen molar-refractivity contribution in [3.8, 4) is 0 Å². The lowest BCUT2D eigenvalue weighted by atomic mass is 10.1. The van der Waals surface area contributed by atoms with Gasteiger partial charge >= 0.3 is 6.09 Å². The largest absolute Gasteiger partial charge is 0.444 e. The van der Waals surface area contributed by atoms with Gasteiger partial charge in [-0.1, -0.05) is 30.3 Å². The number of H-pyrrole nitrogens is 1. The summed E-state index contributed by atoms with van der Waals surface area (Å²) in [6.07, 6.45) is -0.514. The number of imidazole rings is 1. The molecule has 1 aromatic heterocycles. The zero-order valence-corrected chi connectivity index (χ0v) is 14.4. The van der Waals surface area contributed by atoms with Crippen LogP contribution in [0.25, 0.3) is 0 Å². The van der Waals surface area contributed by atoms with Crippen molar-refractivity contribution in [1.29, 1.82) is 0 Å². The van der Waals surface area contributed by atoms with Crippen LogP contribution in [0, 0.1) is 0 Å². The zero-order valence-electron chi connectivity index (χ0n) is 14.4. The van der Waals surface area contributed by atoms with Gasteiger partial charge in [0.1, 0.15) is 17.5 Å². The number of fused-ring (bicyclic) bond motifs is 1. The highest BCUT2D eigenvalue weighted by Crippen LogP contribution is 2.31. The molecule has 0 aliphatic carbocycles. The van der Waals surface area contributed by atoms with Gasteiger partial charge in [0.05, 0.1) is 24.1 Å². The Morgan fingerprint density at radius 2 is 2.08 bits per heavy atom. The van der Waals surface area contributed by atoms with Crippen molar-refractivity contribution in [1.82, 2.24) is 15.3 Å². The number of alkyl carbamates (subject to hydrolysis) is 1. The van der Waals surface area contributed by atoms with Crippen molar-refractivity contribution in [2.75, 3.05) is 0 Å². The van der Waals surface area contributed by atoms with E-state index in [-0.39, 0.29) is 6.10 Å². The minimum Gasteiger partial charge on any atom is -0.444 e. The zero-order chi connectivity index (χ0) is 17.3. The Kier molecular flexibility index (Phi) is 4.32. The minimum atomic E-state index is -0.557. The normalized spacial score (nSPS) is 18.1. The lowest BCUT2D eigenvalue weighted by Gasteiger charge is -2.23. The fourth-order valence-electron chi connectivity index (χ4n) is 2.69. The number of carbonyl (C=O) groups is 1. The molecule has 128 valence electrons. The predicted octanol–water partition coefficient (Wildman–Crippen LogP) is 3.62. The second-order valence-electron chi connectivity index (χ2n) is 6.93. The van der Waals surface area contributed by atoms with Crippen molar-refractivity contribution >= 4 is 6.09 Å². The maximum Gasteiger partial charge on any atom is 0.408 e. The quantitative estimate of drug-likeness (QED) is 0.902. The number of hydrogen-bond acceptors (Lipinski definition) is 4. The summed E-state index contributed by atoms with van der Waals surface area (Å²) in [7, 11) is 0. The van der Waals surface area contributed by atoms with E-state index in [1.807, 2.05) is 58.0 Å². The van der Waals surface area contributed by atoms with Gasteiger partial charge in [-0.3, -0.25) is 0 Å². The van der Waals surface area contributed by atoms with Crippen molar-refractivity contribution in [2.45, 2.75) is 52.0 Å². The average molecular weight is 329 g/mol. The number of hydrogen-bond donors (Lipinski definition) is 2. The number of nitrogens with zero attached hydrogens (tertiary/aromatic N) is 1. The molecular weight excluding hydrogens is 306 g/mol. The summed E-state index contributed by atoms with van der Waals surface area (Å²) >= 11 is 0. The summed E-state index contributed by atoms with van der Waals surface area (Å²) in [5.74, 6) is 0.687. The fraction of sp³-hybridized carbons (Fsp3) is 0.444. The molecule has 1 aromatic carbocycles. The molecule has 24 heavy (non-hydrogen) atoms. The van der Waals surface area contributed by atoms with E-state index >= 15 is 0 Å². The van der Waals surface area contributed by atoms with Crippen molar-refractivity contribution in [2.24, 2.45) is 0 Å². The summed E-state index contributed by atoms with van der Waals surface area (Å²) in [5.41, 5.74) is 2.24. The SMILES string of the molecule is CC1OCc2[nH]c([C@H](NC(=O)OC(C)(C)C)c3ccccc3)nc21. The first kappa shape index (κ1) is 16.5. The molecule has 1 amide bonds. The molecule has 3 rings (SSSR count). The highest BCUT2D eigenvalue weighted by molar-refractivity contribution is 5.69. The molecule has 0 saturated carbocycles. The van der Waals surface area contributed by atoms with Crippen molar-refractivity contribution in [3.63, 3.8) is 0 Å². The molecule has 0 spiro atoms. The summed E-state index contributed by atoms with van der Waals surface area (Å²) in [6, 6.07) is 9.30. The Balaban J connectivity index is 1.89. The van der Waals surface area contributed by atoms with Gasteiger partial charge in [-0.15, -0.1) is 0 Å². The third kappa shape index (κ3) is 3.59. The molecule has 2 N–H and O–H groups in total. The van der Waals surface area contributed by atoms with E-state index in [1.54, 1.807) is 0 Å². The molecule has 6 heteroatoms. The molecule has 6 nitrogen and oxygen atoms in total. The number of aromatic nitrogens is 2. The van der Waals surface area contributed by atoms with E-state index in [0.717, 1.165) is 17.0 Å². The summed E-state index contributed by atoms with van der Waals surface area (Å²) in [5, 5.41) is 2.91. The van der Waals surface area contributed by atoms with E-state index in [9.17, 15) is 4.79 Å². The van der Waals surface area contributed by atoms with E-state index < -0.39 is 17.7 Å². The molecule has 2 heterocycles. The van der Waals surface area contributed by atoms with E-state index in [4.69, 9.17) is 9.47 Å². The van der Waals surface area contributed by atoms with Crippen molar-refractivity contribution < 1.29 is 14.3 Å². The lowest BCUT2D eigenvalue weighted by molar-refractivity contribution is 0.0509. The molecule has 1 aliphatic heterocycles. The Labute approximate surface area is 141 Å². The molecule has 1 unspecified atom stereocenters. The maximum absolute atomic E-state index is 12.3. The van der Waals surface area contributed by atoms with Crippen LogP contribution < -0.4 is 5.32 Å². The number of carbonyl (C=O) groups excluding carboxylic acids is 1. The van der Waals surface area contributed by atoms with Crippen LogP contribution >= 0.6 is 0 Å². The number of nitrogens with one attached hydrogen (secondary N) is 2. The first-order valence-corrected chi connectivity index (χ1v) is 8.08. The van der Waals surface area contributed by atoms with Gasteiger partial charge < -0.3 is 19.8 Å². The highest BCUT2D eigenvalue weighted by atomic mass is 16.6. The molecule has 0 fully saturated rings. The van der Waals surface area contributed by atoms with Gasteiger partial charge in [0, 0.05) is 0 Å². The molecule has 1 aliphatic rings. The highest BCUT2D eigenvalue weighted by Gasteiger charge is 2.29. The van der Waals surface area contributed by atoms with Gasteiger partial charge in [0.15, 0.2) is 0 Å². The van der Waals surface area contributed by atoms with E-state index in [1.165, 1.54) is 0 Å². The molecule has 2 atom stereocenters. The van der Waals surface area contributed by atoms with Crippen LogP contribution in [0.3, 0.4) is 0 Å². The molecule has 0 saturated heterocycles. The first-order chi connectivity index (χ1) is 11.3. The number of ether oxygens (including phenoxy) is 2. The Bertz CT molecular complexity index is 719. The monoisotopic (exact) mass is 329 g/mol. The maximum atomic E-state index is 12.3. The van der Waals surface area contributed by atoms with E-state index in [2.05, 4.69) is 15.3 Å². The molecule has 0 radical (unpaired) electrons. The second kappa shape index (κ2) is 6.28. The number of rotatable bonds is 3. The summed E-state index contributed by atoms with van der Waals surface area (Å²) in [4.78, 5) is 20.2. The van der Waals surface area contributed by atoms with Gasteiger partial charge in [0.25, 0.3) is 0 Å². The number of benzene rings is 1. The third-order valence-corrected chi connectivity index (χ3v) is 3.76. The van der Waals surface area contributed by atoms with Crippen LogP contribution in [0.2, 0.25) is 0 Å². The first-order valence-electron chi connectivity index (χ1n) is 8.08. The van der Waals surface area contributed by atoms with Crippen LogP contribution in [-0.2, 0) is 16.1 Å². The molecule has 2 aromatic rings. The van der Waals surface area contributed by atoms with Crippen LogP contribution in [0.5, 0.6) is 0 Å². The number of amides is 1. The predicted molar refractivity (Wildman–Crippen MR) is 89.4 cm³/mol. The standard InChI is InChI=1S/C18H23N3O3/c1-11-14-13(10-23-11)19-16(20-14)15(12-8-6-5-7-9-12)21-17(22)24-18(2,3)4/h5-9,11,15H,10H2,1-4H3,(H,19,20)(H,21,22)/t11?,15-/m1/s1. The van der Waals surface area contributed by atoms with Gasteiger partial charge in [-0.05, 0) is 33.3 Å².